The van der Waals surface area contributed by atoms with Crippen LogP contribution in [0.15, 0.2) is 24.4 Å². The van der Waals surface area contributed by atoms with Gasteiger partial charge >= 0.3 is 0 Å². The first-order valence-electron chi connectivity index (χ1n) is 6.62. The van der Waals surface area contributed by atoms with Crippen LogP contribution in [-0.4, -0.2) is 15.5 Å². The quantitative estimate of drug-likeness (QED) is 0.895. The van der Waals surface area contributed by atoms with Crippen LogP contribution in [0.25, 0.3) is 11.3 Å². The number of aromatic nitrogens is 2. The number of aryl methyl sites for hydroxylation is 1. The summed E-state index contributed by atoms with van der Waals surface area (Å²) in [4.78, 5) is 15.9. The van der Waals surface area contributed by atoms with Crippen molar-refractivity contribution in [2.45, 2.75) is 32.7 Å². The summed E-state index contributed by atoms with van der Waals surface area (Å²) in [6, 6.07) is 5.90. The Kier molecular flexibility index (Phi) is 2.85. The number of primary amides is 1. The fourth-order valence-corrected chi connectivity index (χ4v) is 2.87. The van der Waals surface area contributed by atoms with Gasteiger partial charge in [0.25, 0.3) is 5.91 Å². The summed E-state index contributed by atoms with van der Waals surface area (Å²) in [6.45, 7) is 2.94. The minimum atomic E-state index is -0.335. The molecule has 4 nitrogen and oxygen atoms in total. The van der Waals surface area contributed by atoms with Gasteiger partial charge in [0.1, 0.15) is 0 Å². The first-order valence-corrected chi connectivity index (χ1v) is 6.62. The minimum Gasteiger partial charge on any atom is -0.366 e. The third-order valence-corrected chi connectivity index (χ3v) is 3.80. The second-order valence-corrected chi connectivity index (χ2v) is 5.00. The molecule has 0 aliphatic carbocycles. The first-order chi connectivity index (χ1) is 9.18. The number of pyridine rings is 1. The van der Waals surface area contributed by atoms with Gasteiger partial charge in [-0.1, -0.05) is 0 Å². The number of hydrogen-bond donors (Lipinski definition) is 1. The van der Waals surface area contributed by atoms with Crippen LogP contribution >= 0.6 is 0 Å². The smallest absolute Gasteiger partial charge is 0.250 e. The van der Waals surface area contributed by atoms with E-state index in [9.17, 15) is 4.79 Å². The highest BCUT2D eigenvalue weighted by Crippen LogP contribution is 2.31. The van der Waals surface area contributed by atoms with Crippen molar-refractivity contribution in [3.8, 4) is 11.3 Å². The Bertz CT molecular complexity index is 643. The second kappa shape index (κ2) is 4.53. The Labute approximate surface area is 112 Å². The van der Waals surface area contributed by atoms with Crippen molar-refractivity contribution in [1.82, 2.24) is 9.55 Å². The lowest BCUT2D eigenvalue weighted by molar-refractivity contribution is 0.0999. The van der Waals surface area contributed by atoms with E-state index in [4.69, 9.17) is 5.73 Å². The van der Waals surface area contributed by atoms with Gasteiger partial charge in [-0.15, -0.1) is 0 Å². The van der Waals surface area contributed by atoms with E-state index in [2.05, 4.69) is 9.55 Å². The largest absolute Gasteiger partial charge is 0.366 e. The van der Waals surface area contributed by atoms with E-state index in [1.807, 2.05) is 25.1 Å². The summed E-state index contributed by atoms with van der Waals surface area (Å²) in [6.07, 6.45) is 4.98. The maximum absolute atomic E-state index is 11.6. The number of hydrogen-bond acceptors (Lipinski definition) is 2. The Morgan fingerprint density at radius 2 is 2.26 bits per heavy atom. The Morgan fingerprint density at radius 1 is 1.42 bits per heavy atom. The van der Waals surface area contributed by atoms with Gasteiger partial charge in [0.2, 0.25) is 0 Å². The average Bonchev–Trinajstić information content (AvgIpc) is 2.79. The number of nitrogens with zero attached hydrogens (tertiary/aromatic N) is 2. The van der Waals surface area contributed by atoms with Crippen LogP contribution in [0.4, 0.5) is 0 Å². The molecular formula is C15H17N3O. The number of carbonyl (C=O) groups excluding carboxylic acids is 1. The zero-order chi connectivity index (χ0) is 13.4. The molecule has 3 rings (SSSR count). The number of rotatable bonds is 2. The highest BCUT2D eigenvalue weighted by Gasteiger charge is 2.22. The Balaban J connectivity index is 2.22. The fourth-order valence-electron chi connectivity index (χ4n) is 2.87. The van der Waals surface area contributed by atoms with Crippen LogP contribution in [0.3, 0.4) is 0 Å². The maximum atomic E-state index is 11.6. The zero-order valence-corrected chi connectivity index (χ0v) is 11.0. The second-order valence-electron chi connectivity index (χ2n) is 5.00. The molecule has 0 fully saturated rings. The van der Waals surface area contributed by atoms with Gasteiger partial charge in [0, 0.05) is 29.7 Å². The molecule has 0 spiro atoms. The lowest BCUT2D eigenvalue weighted by Gasteiger charge is -2.19. The topological polar surface area (TPSA) is 60.9 Å². The van der Waals surface area contributed by atoms with Gasteiger partial charge < -0.3 is 10.3 Å². The van der Waals surface area contributed by atoms with Crippen molar-refractivity contribution >= 4 is 5.91 Å². The SMILES string of the molecule is Cc1ncccc1-c1cc(C(N)=O)c2n1CCCC2. The molecule has 0 radical (unpaired) electrons. The highest BCUT2D eigenvalue weighted by molar-refractivity contribution is 5.96. The molecule has 1 aliphatic heterocycles. The molecule has 0 atom stereocenters. The van der Waals surface area contributed by atoms with Gasteiger partial charge in [-0.25, -0.2) is 0 Å². The standard InChI is InChI=1S/C15H17N3O/c1-10-11(5-4-7-17-10)14-9-12(15(16)19)13-6-2-3-8-18(13)14/h4-5,7,9H,2-3,6,8H2,1H3,(H2,16,19). The molecule has 1 aliphatic rings. The molecule has 0 saturated heterocycles. The molecule has 2 aromatic rings. The third-order valence-electron chi connectivity index (χ3n) is 3.80. The van der Waals surface area contributed by atoms with Gasteiger partial charge in [0.15, 0.2) is 0 Å². The van der Waals surface area contributed by atoms with Crippen LogP contribution < -0.4 is 5.73 Å². The van der Waals surface area contributed by atoms with Crippen molar-refractivity contribution in [2.75, 3.05) is 0 Å². The Morgan fingerprint density at radius 3 is 3.00 bits per heavy atom. The average molecular weight is 255 g/mol. The molecule has 0 aromatic carbocycles. The van der Waals surface area contributed by atoms with Crippen molar-refractivity contribution in [3.05, 3.63) is 41.3 Å². The molecule has 2 aromatic heterocycles. The van der Waals surface area contributed by atoms with Crippen molar-refractivity contribution in [2.24, 2.45) is 5.73 Å². The molecule has 19 heavy (non-hydrogen) atoms. The van der Waals surface area contributed by atoms with Crippen molar-refractivity contribution in [3.63, 3.8) is 0 Å². The Hall–Kier alpha value is -2.10. The normalized spacial score (nSPS) is 14.2. The van der Waals surface area contributed by atoms with E-state index in [-0.39, 0.29) is 5.91 Å². The molecule has 2 N–H and O–H groups in total. The number of carbonyl (C=O) groups is 1. The van der Waals surface area contributed by atoms with Crippen LogP contribution in [-0.2, 0) is 13.0 Å². The summed E-state index contributed by atoms with van der Waals surface area (Å²) in [5.41, 5.74) is 10.4. The molecule has 0 unspecified atom stereocenters. The number of amides is 1. The van der Waals surface area contributed by atoms with Crippen LogP contribution in [0.1, 0.15) is 34.6 Å². The monoisotopic (exact) mass is 255 g/mol. The van der Waals surface area contributed by atoms with Gasteiger partial charge in [0.05, 0.1) is 11.3 Å². The van der Waals surface area contributed by atoms with E-state index in [0.29, 0.717) is 5.56 Å². The molecule has 0 saturated carbocycles. The molecule has 3 heterocycles. The lowest BCUT2D eigenvalue weighted by Crippen LogP contribution is -2.17. The summed E-state index contributed by atoms with van der Waals surface area (Å²) >= 11 is 0. The van der Waals surface area contributed by atoms with Crippen molar-refractivity contribution in [1.29, 1.82) is 0 Å². The molecule has 4 heteroatoms. The summed E-state index contributed by atoms with van der Waals surface area (Å²) in [5, 5.41) is 0. The number of fused-ring (bicyclic) bond motifs is 1. The van der Waals surface area contributed by atoms with Gasteiger partial charge in [-0.05, 0) is 44.4 Å². The van der Waals surface area contributed by atoms with E-state index >= 15 is 0 Å². The van der Waals surface area contributed by atoms with E-state index in [0.717, 1.165) is 48.5 Å². The first kappa shape index (κ1) is 12.0. The third kappa shape index (κ3) is 1.93. The lowest BCUT2D eigenvalue weighted by atomic mass is 10.1. The zero-order valence-electron chi connectivity index (χ0n) is 11.0. The number of nitrogens with two attached hydrogens (primary N) is 1. The summed E-state index contributed by atoms with van der Waals surface area (Å²) in [5.74, 6) is -0.335. The minimum absolute atomic E-state index is 0.335. The summed E-state index contributed by atoms with van der Waals surface area (Å²) < 4.78 is 2.23. The predicted molar refractivity (Wildman–Crippen MR) is 73.9 cm³/mol. The molecule has 0 bridgehead atoms. The van der Waals surface area contributed by atoms with Crippen molar-refractivity contribution < 1.29 is 4.79 Å². The molecular weight excluding hydrogens is 238 g/mol. The van der Waals surface area contributed by atoms with E-state index < -0.39 is 0 Å². The predicted octanol–water partition coefficient (Wildman–Crippen LogP) is 2.29. The van der Waals surface area contributed by atoms with Gasteiger partial charge in [-0.3, -0.25) is 9.78 Å². The summed E-state index contributed by atoms with van der Waals surface area (Å²) in [7, 11) is 0. The van der Waals surface area contributed by atoms with Crippen LogP contribution in [0.5, 0.6) is 0 Å². The van der Waals surface area contributed by atoms with E-state index in [1.54, 1.807) is 6.20 Å². The van der Waals surface area contributed by atoms with Gasteiger partial charge in [-0.2, -0.15) is 0 Å². The van der Waals surface area contributed by atoms with Crippen LogP contribution in [0.2, 0.25) is 0 Å². The fraction of sp³-hybridized carbons (Fsp3) is 0.333. The highest BCUT2D eigenvalue weighted by atomic mass is 16.1. The van der Waals surface area contributed by atoms with Crippen LogP contribution in [0, 0.1) is 6.92 Å². The molecule has 1 amide bonds. The van der Waals surface area contributed by atoms with E-state index in [1.165, 1.54) is 0 Å². The maximum Gasteiger partial charge on any atom is 0.250 e. The molecule has 98 valence electrons.